The van der Waals surface area contributed by atoms with Crippen LogP contribution in [0.2, 0.25) is 10.0 Å². The molecule has 3 rings (SSSR count). The molecule has 1 atom stereocenters. The first-order valence-electron chi connectivity index (χ1n) is 10.2. The van der Waals surface area contributed by atoms with Crippen LogP contribution in [0, 0.1) is 0 Å². The number of alkyl halides is 6. The van der Waals surface area contributed by atoms with E-state index in [0.717, 1.165) is 42.7 Å². The van der Waals surface area contributed by atoms with E-state index in [4.69, 9.17) is 23.2 Å². The van der Waals surface area contributed by atoms with Crippen LogP contribution >= 0.6 is 23.2 Å². The third-order valence-electron chi connectivity index (χ3n) is 5.77. The maximum absolute atomic E-state index is 13.8. The van der Waals surface area contributed by atoms with Gasteiger partial charge in [0.05, 0.1) is 27.1 Å². The van der Waals surface area contributed by atoms with Gasteiger partial charge >= 0.3 is 12.4 Å². The summed E-state index contributed by atoms with van der Waals surface area (Å²) >= 11 is 11.6. The molecule has 2 aromatic carbocycles. The molecule has 1 aliphatic rings. The highest BCUT2D eigenvalue weighted by Gasteiger charge is 2.44. The second-order valence-corrected chi connectivity index (χ2v) is 9.14. The van der Waals surface area contributed by atoms with Gasteiger partial charge in [0.25, 0.3) is 0 Å². The van der Waals surface area contributed by atoms with E-state index in [2.05, 4.69) is 18.5 Å². The Hall–Kier alpha value is -2.38. The summed E-state index contributed by atoms with van der Waals surface area (Å²) in [5.41, 5.74) is -0.998. The van der Waals surface area contributed by atoms with Gasteiger partial charge in [0, 0.05) is 11.3 Å². The normalized spacial score (nSPS) is 16.4. The van der Waals surface area contributed by atoms with Gasteiger partial charge in [-0.15, -0.1) is 0 Å². The molecule has 9 heteroatoms. The Morgan fingerprint density at radius 2 is 1.65 bits per heavy atom. The van der Waals surface area contributed by atoms with E-state index in [0.29, 0.717) is 0 Å². The molecule has 0 aliphatic heterocycles. The highest BCUT2D eigenvalue weighted by Crippen LogP contribution is 2.44. The van der Waals surface area contributed by atoms with Crippen LogP contribution in [0.3, 0.4) is 0 Å². The maximum Gasteiger partial charge on any atom is 0.417 e. The van der Waals surface area contributed by atoms with E-state index >= 15 is 0 Å². The van der Waals surface area contributed by atoms with Crippen molar-refractivity contribution in [3.63, 3.8) is 0 Å². The van der Waals surface area contributed by atoms with Gasteiger partial charge in [-0.1, -0.05) is 72.3 Å². The van der Waals surface area contributed by atoms with Gasteiger partial charge in [0.2, 0.25) is 0 Å². The lowest BCUT2D eigenvalue weighted by Gasteiger charge is -2.23. The maximum atomic E-state index is 13.8. The molecule has 1 saturated carbocycles. The zero-order valence-electron chi connectivity index (χ0n) is 18.0. The largest absolute Gasteiger partial charge is 0.417 e. The molecule has 34 heavy (non-hydrogen) atoms. The number of nitrogens with one attached hydrogen (secondary N) is 1. The summed E-state index contributed by atoms with van der Waals surface area (Å²) < 4.78 is 82.5. The molecule has 0 saturated heterocycles. The van der Waals surface area contributed by atoms with Crippen molar-refractivity contribution in [2.45, 2.75) is 43.6 Å². The van der Waals surface area contributed by atoms with E-state index in [1.165, 1.54) is 24.3 Å². The molecule has 0 spiro atoms. The van der Waals surface area contributed by atoms with Crippen molar-refractivity contribution in [3.05, 3.63) is 93.5 Å². The zero-order valence-corrected chi connectivity index (χ0v) is 19.6. The van der Waals surface area contributed by atoms with Gasteiger partial charge in [-0.3, -0.25) is 0 Å². The highest BCUT2D eigenvalue weighted by atomic mass is 35.5. The minimum atomic E-state index is -4.74. The predicted octanol–water partition coefficient (Wildman–Crippen LogP) is 9.04. The second-order valence-electron chi connectivity index (χ2n) is 8.32. The van der Waals surface area contributed by atoms with Crippen LogP contribution in [0.1, 0.15) is 47.9 Å². The van der Waals surface area contributed by atoms with Crippen LogP contribution in [-0.4, -0.2) is 11.7 Å². The lowest BCUT2D eigenvalue weighted by atomic mass is 9.95. The van der Waals surface area contributed by atoms with Crippen molar-refractivity contribution in [2.75, 3.05) is 0 Å². The van der Waals surface area contributed by atoms with Crippen molar-refractivity contribution in [3.8, 4) is 0 Å². The Kier molecular flexibility index (Phi) is 7.21. The summed E-state index contributed by atoms with van der Waals surface area (Å²) in [4.78, 5) is 0. The number of halogens is 8. The first-order valence-corrected chi connectivity index (χ1v) is 10.9. The molecule has 1 aliphatic carbocycles. The fraction of sp³-hybridized carbons (Fsp3) is 0.280. The summed E-state index contributed by atoms with van der Waals surface area (Å²) in [6.07, 6.45) is -6.17. The van der Waals surface area contributed by atoms with Crippen LogP contribution in [0.5, 0.6) is 0 Å². The van der Waals surface area contributed by atoms with E-state index in [-0.39, 0.29) is 32.4 Å². The fourth-order valence-corrected chi connectivity index (χ4v) is 3.93. The van der Waals surface area contributed by atoms with E-state index in [1.807, 2.05) is 0 Å². The first-order chi connectivity index (χ1) is 15.6. The van der Waals surface area contributed by atoms with Gasteiger partial charge < -0.3 is 5.32 Å². The van der Waals surface area contributed by atoms with Crippen molar-refractivity contribution >= 4 is 35.0 Å². The van der Waals surface area contributed by atoms with Gasteiger partial charge in [-0.2, -0.15) is 26.3 Å². The summed E-state index contributed by atoms with van der Waals surface area (Å²) in [7, 11) is 0. The molecule has 0 bridgehead atoms. The lowest BCUT2D eigenvalue weighted by Crippen LogP contribution is -2.31. The summed E-state index contributed by atoms with van der Waals surface area (Å²) in [6, 6.07) is 6.82. The Bertz CT molecular complexity index is 1140. The minimum Gasteiger partial charge on any atom is -0.376 e. The molecule has 0 radical (unpaired) electrons. The molecular weight excluding hydrogens is 499 g/mol. The van der Waals surface area contributed by atoms with Crippen LogP contribution in [-0.2, 0) is 6.18 Å². The predicted molar refractivity (Wildman–Crippen MR) is 125 cm³/mol. The van der Waals surface area contributed by atoms with Gasteiger partial charge in [0.1, 0.15) is 0 Å². The zero-order chi connectivity index (χ0) is 25.5. The molecule has 0 amide bonds. The van der Waals surface area contributed by atoms with Crippen LogP contribution < -0.4 is 5.32 Å². The minimum absolute atomic E-state index is 0.0424. The van der Waals surface area contributed by atoms with Crippen molar-refractivity contribution in [1.29, 1.82) is 0 Å². The molecule has 1 unspecified atom stereocenters. The van der Waals surface area contributed by atoms with Crippen molar-refractivity contribution < 1.29 is 26.3 Å². The van der Waals surface area contributed by atoms with Crippen LogP contribution in [0.25, 0.3) is 11.8 Å². The molecule has 1 fully saturated rings. The average Bonchev–Trinajstić information content (AvgIpc) is 3.50. The Labute approximate surface area is 203 Å². The third-order valence-corrected chi connectivity index (χ3v) is 6.51. The number of allylic oxidation sites excluding steroid dienone is 1. The van der Waals surface area contributed by atoms with E-state index in [1.54, 1.807) is 6.92 Å². The molecule has 1 nitrogen and oxygen atoms in total. The topological polar surface area (TPSA) is 12.0 Å². The van der Waals surface area contributed by atoms with Crippen molar-refractivity contribution in [1.82, 2.24) is 5.32 Å². The Morgan fingerprint density at radius 3 is 2.15 bits per heavy atom. The molecule has 0 aromatic heterocycles. The molecule has 182 valence electrons. The van der Waals surface area contributed by atoms with Gasteiger partial charge in [-0.25, -0.2) is 0 Å². The summed E-state index contributed by atoms with van der Waals surface area (Å²) in [5.74, 6) is -2.08. The number of hydrogen-bond acceptors (Lipinski definition) is 1. The monoisotopic (exact) mass is 519 g/mol. The molecule has 0 heterocycles. The van der Waals surface area contributed by atoms with Gasteiger partial charge in [0.15, 0.2) is 0 Å². The van der Waals surface area contributed by atoms with E-state index < -0.39 is 29.4 Å². The lowest BCUT2D eigenvalue weighted by molar-refractivity contribution is -0.139. The van der Waals surface area contributed by atoms with Crippen molar-refractivity contribution in [2.24, 2.45) is 0 Å². The standard InChI is InChI=1S/C25H21Cl2F6N/c1-14(2)23(10-11-23)34-15(3)18-7-4-16(12-20(18)25(31,32)33)5-8-19(24(28,29)30)17-6-9-21(26)22(27)13-17/h4-9,12-13,19,34H,1,3,10-11H2,2H3/b8-5+. The summed E-state index contributed by atoms with van der Waals surface area (Å²) in [5, 5.41) is 3.07. The SMILES string of the molecule is C=C(NC1(C(=C)C)CC1)c1ccc(/C=C/C(c2ccc(Cl)c(Cl)c2)C(F)(F)F)cc1C(F)(F)F. The van der Waals surface area contributed by atoms with Crippen LogP contribution in [0.4, 0.5) is 26.3 Å². The van der Waals surface area contributed by atoms with E-state index in [9.17, 15) is 26.3 Å². The second kappa shape index (κ2) is 9.34. The number of hydrogen-bond donors (Lipinski definition) is 1. The third kappa shape index (κ3) is 5.81. The Balaban J connectivity index is 1.95. The number of rotatable bonds is 7. The fourth-order valence-electron chi connectivity index (χ4n) is 3.63. The smallest absolute Gasteiger partial charge is 0.376 e. The Morgan fingerprint density at radius 1 is 1.00 bits per heavy atom. The first kappa shape index (κ1) is 26.2. The number of benzene rings is 2. The average molecular weight is 520 g/mol. The molecule has 1 N–H and O–H groups in total. The van der Waals surface area contributed by atoms with Crippen LogP contribution in [0.15, 0.2) is 61.2 Å². The molecule has 2 aromatic rings. The summed E-state index contributed by atoms with van der Waals surface area (Å²) in [6.45, 7) is 9.42. The molecular formula is C25H21Cl2F6N. The van der Waals surface area contributed by atoms with Gasteiger partial charge in [-0.05, 0) is 49.1 Å². The quantitative estimate of drug-likeness (QED) is 0.284. The highest BCUT2D eigenvalue weighted by molar-refractivity contribution is 6.42.